The van der Waals surface area contributed by atoms with Gasteiger partial charge in [-0.05, 0) is 99.6 Å². The van der Waals surface area contributed by atoms with Gasteiger partial charge >= 0.3 is 5.97 Å². The van der Waals surface area contributed by atoms with E-state index in [1.165, 1.54) is 11.1 Å². The second-order valence-electron chi connectivity index (χ2n) is 14.4. The molecule has 0 aliphatic carbocycles. The van der Waals surface area contributed by atoms with Gasteiger partial charge in [0.2, 0.25) is 5.91 Å². The minimum Gasteiger partial charge on any atom is -0.489 e. The number of benzene rings is 5. The van der Waals surface area contributed by atoms with E-state index in [0.29, 0.717) is 45.0 Å². The summed E-state index contributed by atoms with van der Waals surface area (Å²) in [7, 11) is 0. The molecule has 8 rings (SSSR count). The Bertz CT molecular complexity index is 2600. The number of hydrogen-bond donors (Lipinski definition) is 2. The van der Waals surface area contributed by atoms with Crippen LogP contribution in [0.5, 0.6) is 17.2 Å². The molecule has 5 aromatic carbocycles. The summed E-state index contributed by atoms with van der Waals surface area (Å²) >= 11 is 12.2. The maximum atomic E-state index is 14.1. The Hall–Kier alpha value is -6.87. The number of ether oxygens (including phenoxy) is 3. The van der Waals surface area contributed by atoms with Crippen LogP contribution in [-0.2, 0) is 35.6 Å². The number of aliphatic carboxylic acids is 1. The smallest absolute Gasteiger partial charge is 0.326 e. The number of carbonyl (C=O) groups excluding carboxylic acids is 2. The molecule has 0 radical (unpaired) electrons. The molecule has 0 spiro atoms. The Labute approximate surface area is 355 Å². The number of rotatable bonds is 11. The van der Waals surface area contributed by atoms with Gasteiger partial charge in [0.05, 0.1) is 21.7 Å². The van der Waals surface area contributed by atoms with Crippen LogP contribution >= 0.6 is 23.2 Å². The molecule has 0 bridgehead atoms. The van der Waals surface area contributed by atoms with E-state index < -0.39 is 36.0 Å². The number of amides is 2. The van der Waals surface area contributed by atoms with Crippen molar-refractivity contribution in [2.45, 2.75) is 44.2 Å². The number of nitrogens with one attached hydrogen (secondary N) is 1. The van der Waals surface area contributed by atoms with E-state index in [0.717, 1.165) is 33.4 Å². The van der Waals surface area contributed by atoms with E-state index in [2.05, 4.69) is 16.4 Å². The number of carbonyl (C=O) groups is 3. The van der Waals surface area contributed by atoms with Gasteiger partial charge in [0.15, 0.2) is 17.6 Å². The van der Waals surface area contributed by atoms with Gasteiger partial charge in [0.25, 0.3) is 5.91 Å². The molecule has 2 N–H and O–H groups in total. The Balaban J connectivity index is 0.974. The monoisotopic (exact) mass is 838 g/mol. The number of aromatic nitrogens is 1. The molecule has 0 saturated heterocycles. The third-order valence-electron chi connectivity index (χ3n) is 10.5. The fraction of sp³-hybridized carbons (Fsp3) is 0.170. The fourth-order valence-corrected chi connectivity index (χ4v) is 7.57. The summed E-state index contributed by atoms with van der Waals surface area (Å²) in [6, 6.07) is 35.8. The maximum Gasteiger partial charge on any atom is 0.326 e. The van der Waals surface area contributed by atoms with Crippen molar-refractivity contribution in [1.82, 2.24) is 15.2 Å². The normalized spacial score (nSPS) is 15.8. The standard InChI is InChI=1S/C47H36Cl2N4O7/c48-37-17-8-30(19-38(37)49)26-58-36-15-13-33(14-16-36)44-27-59-42-22-34-21-41(53(25-35(34)23-43(42)60-44)46(55)39-3-1-2-18-51-39)45(54)52-40(47(56)57)20-28-4-9-31(10-5-28)32-11-6-29(24-50)7-12-32/h1-19,22-23,40-41,44H,20-21,25-27H2,(H,52,54)(H,56,57)/t40?,41-,44+/m0/s1. The first-order valence-electron chi connectivity index (χ1n) is 19.1. The van der Waals surface area contributed by atoms with E-state index in [4.69, 9.17) is 42.7 Å². The third-order valence-corrected chi connectivity index (χ3v) is 11.2. The van der Waals surface area contributed by atoms with Crippen molar-refractivity contribution in [1.29, 1.82) is 5.26 Å². The van der Waals surface area contributed by atoms with Crippen LogP contribution in [0.3, 0.4) is 0 Å². The second kappa shape index (κ2) is 17.5. The van der Waals surface area contributed by atoms with Gasteiger partial charge in [0, 0.05) is 25.6 Å². The predicted molar refractivity (Wildman–Crippen MR) is 224 cm³/mol. The SMILES string of the molecule is N#Cc1ccc(-c2ccc(CC(NC(=O)[C@@H]3Cc4cc5c(cc4CN3C(=O)c3ccccn3)O[C@@H](c3ccc(OCc4ccc(Cl)c(Cl)c4)cc3)CO5)C(=O)O)cc2)cc1. The highest BCUT2D eigenvalue weighted by Gasteiger charge is 2.38. The summed E-state index contributed by atoms with van der Waals surface area (Å²) < 4.78 is 18.6. The van der Waals surface area contributed by atoms with Crippen molar-refractivity contribution in [3.05, 3.63) is 177 Å². The summed E-state index contributed by atoms with van der Waals surface area (Å²) in [4.78, 5) is 46.3. The van der Waals surface area contributed by atoms with Crippen LogP contribution < -0.4 is 19.5 Å². The minimum atomic E-state index is -1.27. The average Bonchev–Trinajstić information content (AvgIpc) is 3.28. The Morgan fingerprint density at radius 1 is 0.867 bits per heavy atom. The molecule has 11 nitrogen and oxygen atoms in total. The topological polar surface area (TPSA) is 151 Å². The molecule has 2 aliphatic heterocycles. The van der Waals surface area contributed by atoms with Crippen LogP contribution in [-0.4, -0.2) is 51.5 Å². The Morgan fingerprint density at radius 3 is 2.27 bits per heavy atom. The summed E-state index contributed by atoms with van der Waals surface area (Å²) in [6.07, 6.45) is 1.20. The summed E-state index contributed by atoms with van der Waals surface area (Å²) in [6.45, 7) is 0.597. The molecule has 2 amide bonds. The minimum absolute atomic E-state index is 0.0144. The molecule has 1 aromatic heterocycles. The number of pyridine rings is 1. The third kappa shape index (κ3) is 8.90. The molecule has 300 valence electrons. The zero-order valence-electron chi connectivity index (χ0n) is 31.9. The quantitative estimate of drug-likeness (QED) is 0.131. The molecule has 1 unspecified atom stereocenters. The molecule has 2 aliphatic rings. The highest BCUT2D eigenvalue weighted by atomic mass is 35.5. The molecule has 3 atom stereocenters. The zero-order chi connectivity index (χ0) is 41.8. The molecule has 6 aromatic rings. The summed E-state index contributed by atoms with van der Waals surface area (Å²) in [5, 5.41) is 23.0. The number of nitriles is 1. The Morgan fingerprint density at radius 2 is 1.58 bits per heavy atom. The van der Waals surface area contributed by atoms with Crippen molar-refractivity contribution < 1.29 is 33.7 Å². The van der Waals surface area contributed by atoms with Crippen molar-refractivity contribution in [2.24, 2.45) is 0 Å². The van der Waals surface area contributed by atoms with Crippen molar-refractivity contribution in [2.75, 3.05) is 6.61 Å². The zero-order valence-corrected chi connectivity index (χ0v) is 33.4. The van der Waals surface area contributed by atoms with Crippen molar-refractivity contribution >= 4 is 41.0 Å². The number of nitrogens with zero attached hydrogens (tertiary/aromatic N) is 3. The lowest BCUT2D eigenvalue weighted by molar-refractivity contribution is -0.142. The van der Waals surface area contributed by atoms with Crippen LogP contribution in [0.4, 0.5) is 0 Å². The van der Waals surface area contributed by atoms with Crippen molar-refractivity contribution in [3.8, 4) is 34.4 Å². The number of fused-ring (bicyclic) bond motifs is 2. The highest BCUT2D eigenvalue weighted by Crippen LogP contribution is 2.41. The molecule has 0 saturated carbocycles. The van der Waals surface area contributed by atoms with Crippen LogP contribution in [0.25, 0.3) is 11.1 Å². The lowest BCUT2D eigenvalue weighted by atomic mass is 9.91. The van der Waals surface area contributed by atoms with Gasteiger partial charge < -0.3 is 29.5 Å². The summed E-state index contributed by atoms with van der Waals surface area (Å²) in [5.74, 6) is -0.626. The van der Waals surface area contributed by atoms with Crippen LogP contribution in [0.1, 0.15) is 50.0 Å². The van der Waals surface area contributed by atoms with E-state index in [-0.39, 0.29) is 31.7 Å². The summed E-state index contributed by atoms with van der Waals surface area (Å²) in [5.41, 5.74) is 6.49. The highest BCUT2D eigenvalue weighted by molar-refractivity contribution is 6.42. The van der Waals surface area contributed by atoms with Gasteiger partial charge in [-0.2, -0.15) is 5.26 Å². The molecule has 0 fully saturated rings. The molecule has 3 heterocycles. The Kier molecular flexibility index (Phi) is 11.7. The second-order valence-corrected chi connectivity index (χ2v) is 15.3. The van der Waals surface area contributed by atoms with Gasteiger partial charge in [-0.25, -0.2) is 4.79 Å². The molecular weight excluding hydrogens is 803 g/mol. The number of halogens is 2. The van der Waals surface area contributed by atoms with Crippen LogP contribution in [0.15, 0.2) is 128 Å². The van der Waals surface area contributed by atoms with Gasteiger partial charge in [-0.15, -0.1) is 0 Å². The predicted octanol–water partition coefficient (Wildman–Crippen LogP) is 8.40. The lowest BCUT2D eigenvalue weighted by Gasteiger charge is -2.37. The van der Waals surface area contributed by atoms with Crippen molar-refractivity contribution in [3.63, 3.8) is 0 Å². The number of carboxylic acid groups (broad SMARTS) is 1. The lowest BCUT2D eigenvalue weighted by Crippen LogP contribution is -2.56. The molecule has 13 heteroatoms. The maximum absolute atomic E-state index is 14.1. The number of hydrogen-bond acceptors (Lipinski definition) is 8. The number of carboxylic acids is 1. The van der Waals surface area contributed by atoms with Gasteiger partial charge in [-0.3, -0.25) is 14.6 Å². The fourth-order valence-electron chi connectivity index (χ4n) is 7.25. The van der Waals surface area contributed by atoms with Crippen LogP contribution in [0.2, 0.25) is 10.0 Å². The van der Waals surface area contributed by atoms with E-state index >= 15 is 0 Å². The first kappa shape index (κ1) is 39.9. The van der Waals surface area contributed by atoms with Crippen LogP contribution in [0, 0.1) is 11.3 Å². The van der Waals surface area contributed by atoms with E-state index in [1.54, 1.807) is 42.5 Å². The van der Waals surface area contributed by atoms with Gasteiger partial charge in [-0.1, -0.05) is 83.9 Å². The first-order valence-corrected chi connectivity index (χ1v) is 19.8. The average molecular weight is 840 g/mol. The van der Waals surface area contributed by atoms with Gasteiger partial charge in [0.1, 0.15) is 36.7 Å². The molecular formula is C47H36Cl2N4O7. The molecule has 60 heavy (non-hydrogen) atoms. The van der Waals surface area contributed by atoms with E-state index in [9.17, 15) is 19.5 Å². The first-order chi connectivity index (χ1) is 29.1. The van der Waals surface area contributed by atoms with E-state index in [1.807, 2.05) is 78.9 Å². The largest absolute Gasteiger partial charge is 0.489 e.